The van der Waals surface area contributed by atoms with Crippen LogP contribution in [0, 0.1) is 0 Å². The highest BCUT2D eigenvalue weighted by Crippen LogP contribution is 2.33. The highest BCUT2D eigenvalue weighted by Gasteiger charge is 2.19. The van der Waals surface area contributed by atoms with Crippen molar-refractivity contribution in [3.05, 3.63) is 47.0 Å². The lowest BCUT2D eigenvalue weighted by atomic mass is 9.93. The van der Waals surface area contributed by atoms with Crippen molar-refractivity contribution in [1.82, 2.24) is 4.98 Å². The molecule has 3 rings (SSSR count). The summed E-state index contributed by atoms with van der Waals surface area (Å²) in [6.07, 6.45) is 2.69. The van der Waals surface area contributed by atoms with Gasteiger partial charge in [-0.25, -0.2) is 9.78 Å². The molecule has 0 aliphatic rings. The first kappa shape index (κ1) is 15.5. The van der Waals surface area contributed by atoms with Crippen LogP contribution >= 0.6 is 11.3 Å². The van der Waals surface area contributed by atoms with Crippen molar-refractivity contribution < 1.29 is 14.3 Å². The second-order valence-corrected chi connectivity index (χ2v) is 7.23. The van der Waals surface area contributed by atoms with Gasteiger partial charge in [-0.2, -0.15) is 0 Å². The van der Waals surface area contributed by atoms with Crippen LogP contribution in [0.25, 0.3) is 27.8 Å². The molecule has 2 aromatic heterocycles. The SMILES string of the molecule is CC(C)(C)c1csc(-c2cc3cc(C=CC(=O)O)ccc3o2)n1. The summed E-state index contributed by atoms with van der Waals surface area (Å²) in [6.45, 7) is 6.39. The topological polar surface area (TPSA) is 63.3 Å². The van der Waals surface area contributed by atoms with E-state index in [1.54, 1.807) is 17.4 Å². The maximum absolute atomic E-state index is 10.6. The van der Waals surface area contributed by atoms with E-state index in [4.69, 9.17) is 9.52 Å². The first-order valence-corrected chi connectivity index (χ1v) is 8.12. The van der Waals surface area contributed by atoms with Gasteiger partial charge in [0, 0.05) is 22.3 Å². The molecule has 3 aromatic rings. The van der Waals surface area contributed by atoms with E-state index >= 15 is 0 Å². The quantitative estimate of drug-likeness (QED) is 0.691. The van der Waals surface area contributed by atoms with Crippen LogP contribution in [0.15, 0.2) is 40.1 Å². The third-order valence-corrected chi connectivity index (χ3v) is 4.30. The van der Waals surface area contributed by atoms with Crippen LogP contribution < -0.4 is 0 Å². The van der Waals surface area contributed by atoms with E-state index in [1.165, 1.54) is 0 Å². The van der Waals surface area contributed by atoms with E-state index in [2.05, 4.69) is 31.1 Å². The van der Waals surface area contributed by atoms with E-state index < -0.39 is 5.97 Å². The number of aliphatic carboxylic acids is 1. The van der Waals surface area contributed by atoms with Gasteiger partial charge in [0.1, 0.15) is 5.58 Å². The highest BCUT2D eigenvalue weighted by atomic mass is 32.1. The molecule has 0 fully saturated rings. The predicted octanol–water partition coefficient (Wildman–Crippen LogP) is 4.95. The molecule has 0 saturated carbocycles. The first-order valence-electron chi connectivity index (χ1n) is 7.24. The summed E-state index contributed by atoms with van der Waals surface area (Å²) in [6, 6.07) is 7.52. The molecule has 0 radical (unpaired) electrons. The monoisotopic (exact) mass is 327 g/mol. The number of furan rings is 1. The average Bonchev–Trinajstić information content (AvgIpc) is 3.10. The van der Waals surface area contributed by atoms with Crippen LogP contribution in [0.1, 0.15) is 32.0 Å². The fourth-order valence-electron chi connectivity index (χ4n) is 2.17. The lowest BCUT2D eigenvalue weighted by Crippen LogP contribution is -2.11. The number of fused-ring (bicyclic) bond motifs is 1. The summed E-state index contributed by atoms with van der Waals surface area (Å²) in [7, 11) is 0. The van der Waals surface area contributed by atoms with Gasteiger partial charge in [-0.3, -0.25) is 0 Å². The molecule has 118 valence electrons. The van der Waals surface area contributed by atoms with Crippen LogP contribution in [0.2, 0.25) is 0 Å². The Kier molecular flexibility index (Phi) is 3.82. The van der Waals surface area contributed by atoms with Gasteiger partial charge in [0.15, 0.2) is 10.8 Å². The molecule has 1 aromatic carbocycles. The number of hydrogen-bond acceptors (Lipinski definition) is 4. The zero-order valence-electron chi connectivity index (χ0n) is 13.2. The summed E-state index contributed by atoms with van der Waals surface area (Å²) in [5.74, 6) is -0.227. The number of thiazole rings is 1. The molecule has 0 aliphatic heterocycles. The number of aromatic nitrogens is 1. The second-order valence-electron chi connectivity index (χ2n) is 6.37. The highest BCUT2D eigenvalue weighted by molar-refractivity contribution is 7.13. The van der Waals surface area contributed by atoms with Crippen LogP contribution in [0.3, 0.4) is 0 Å². The van der Waals surface area contributed by atoms with Crippen molar-refractivity contribution in [1.29, 1.82) is 0 Å². The molecule has 0 bridgehead atoms. The Balaban J connectivity index is 1.97. The summed E-state index contributed by atoms with van der Waals surface area (Å²) in [5.41, 5.74) is 2.64. The number of carboxylic acid groups (broad SMARTS) is 1. The Labute approximate surface area is 138 Å². The minimum absolute atomic E-state index is 0.00949. The number of carboxylic acids is 1. The number of benzene rings is 1. The van der Waals surface area contributed by atoms with Crippen molar-refractivity contribution in [2.24, 2.45) is 0 Å². The maximum Gasteiger partial charge on any atom is 0.328 e. The fraction of sp³-hybridized carbons (Fsp3) is 0.222. The number of hydrogen-bond donors (Lipinski definition) is 1. The van der Waals surface area contributed by atoms with Gasteiger partial charge in [0.2, 0.25) is 0 Å². The first-order chi connectivity index (χ1) is 10.8. The van der Waals surface area contributed by atoms with Crippen LogP contribution in [0.5, 0.6) is 0 Å². The molecule has 0 amide bonds. The Morgan fingerprint density at radius 1 is 1.30 bits per heavy atom. The van der Waals surface area contributed by atoms with E-state index in [0.717, 1.165) is 39.1 Å². The zero-order valence-corrected chi connectivity index (χ0v) is 14.0. The maximum atomic E-state index is 10.6. The Bertz CT molecular complexity index is 897. The third-order valence-electron chi connectivity index (χ3n) is 3.44. The van der Waals surface area contributed by atoms with Crippen molar-refractivity contribution in [3.63, 3.8) is 0 Å². The van der Waals surface area contributed by atoms with Gasteiger partial charge < -0.3 is 9.52 Å². The molecule has 2 heterocycles. The van der Waals surface area contributed by atoms with E-state index in [1.807, 2.05) is 24.3 Å². The fourth-order valence-corrected chi connectivity index (χ4v) is 3.17. The second kappa shape index (κ2) is 5.66. The van der Waals surface area contributed by atoms with Crippen molar-refractivity contribution in [2.75, 3.05) is 0 Å². The average molecular weight is 327 g/mol. The molecule has 0 aliphatic carbocycles. The Hall–Kier alpha value is -2.40. The summed E-state index contributed by atoms with van der Waals surface area (Å²) in [5, 5.41) is 12.5. The lowest BCUT2D eigenvalue weighted by molar-refractivity contribution is -0.131. The van der Waals surface area contributed by atoms with Gasteiger partial charge >= 0.3 is 5.97 Å². The minimum atomic E-state index is -0.963. The van der Waals surface area contributed by atoms with Crippen molar-refractivity contribution in [2.45, 2.75) is 26.2 Å². The molecule has 0 saturated heterocycles. The number of nitrogens with zero attached hydrogens (tertiary/aromatic N) is 1. The third kappa shape index (κ3) is 3.35. The summed E-state index contributed by atoms with van der Waals surface area (Å²) in [4.78, 5) is 15.3. The summed E-state index contributed by atoms with van der Waals surface area (Å²) >= 11 is 1.57. The van der Waals surface area contributed by atoms with E-state index in [9.17, 15) is 4.79 Å². The zero-order chi connectivity index (χ0) is 16.6. The van der Waals surface area contributed by atoms with Gasteiger partial charge in [0.25, 0.3) is 0 Å². The minimum Gasteiger partial charge on any atom is -0.478 e. The van der Waals surface area contributed by atoms with Gasteiger partial charge in [-0.15, -0.1) is 11.3 Å². The molecule has 0 atom stereocenters. The molecule has 1 N–H and O–H groups in total. The molecular formula is C18H17NO3S. The normalized spacial score (nSPS) is 12.3. The number of rotatable bonds is 3. The Morgan fingerprint density at radius 3 is 2.74 bits per heavy atom. The van der Waals surface area contributed by atoms with Gasteiger partial charge in [-0.05, 0) is 29.8 Å². The largest absolute Gasteiger partial charge is 0.478 e. The Morgan fingerprint density at radius 2 is 2.09 bits per heavy atom. The molecule has 0 spiro atoms. The van der Waals surface area contributed by atoms with Crippen LogP contribution in [-0.2, 0) is 10.2 Å². The van der Waals surface area contributed by atoms with Crippen LogP contribution in [0.4, 0.5) is 0 Å². The molecule has 4 nitrogen and oxygen atoms in total. The van der Waals surface area contributed by atoms with Gasteiger partial charge in [-0.1, -0.05) is 26.8 Å². The summed E-state index contributed by atoms with van der Waals surface area (Å²) < 4.78 is 5.87. The smallest absolute Gasteiger partial charge is 0.328 e. The van der Waals surface area contributed by atoms with Crippen molar-refractivity contribution in [3.8, 4) is 10.8 Å². The van der Waals surface area contributed by atoms with Crippen molar-refractivity contribution >= 4 is 34.4 Å². The molecular weight excluding hydrogens is 310 g/mol. The molecule has 0 unspecified atom stereocenters. The predicted molar refractivity (Wildman–Crippen MR) is 92.7 cm³/mol. The lowest BCUT2D eigenvalue weighted by Gasteiger charge is -2.13. The number of carbonyl (C=O) groups is 1. The molecule has 23 heavy (non-hydrogen) atoms. The van der Waals surface area contributed by atoms with Crippen LogP contribution in [-0.4, -0.2) is 16.1 Å². The van der Waals surface area contributed by atoms with Gasteiger partial charge in [0.05, 0.1) is 5.69 Å². The standard InChI is InChI=1S/C18H17NO3S/c1-18(2,3)15-10-23-17(19-15)14-9-12-8-11(5-7-16(20)21)4-6-13(12)22-14/h4-10H,1-3H3,(H,20,21). The van der Waals surface area contributed by atoms with E-state index in [0.29, 0.717) is 0 Å². The van der Waals surface area contributed by atoms with E-state index in [-0.39, 0.29) is 5.41 Å². The molecule has 5 heteroatoms.